The summed E-state index contributed by atoms with van der Waals surface area (Å²) in [6.45, 7) is 0. The molecule has 0 aliphatic rings. The van der Waals surface area contributed by atoms with Gasteiger partial charge in [0.25, 0.3) is 0 Å². The summed E-state index contributed by atoms with van der Waals surface area (Å²) in [4.78, 5) is 0. The second kappa shape index (κ2) is 18.6. The standard InChI is InChI=1S/Al.Cr.Fe.Mo.3H. The van der Waals surface area contributed by atoms with E-state index in [1.54, 1.807) is 17.7 Å². The topological polar surface area (TPSA) is 0 Å². The van der Waals surface area contributed by atoms with Gasteiger partial charge in [-0.2, -0.15) is 0 Å². The van der Waals surface area contributed by atoms with E-state index in [1.807, 2.05) is 0 Å². The van der Waals surface area contributed by atoms with Gasteiger partial charge in [-0.15, -0.1) is 0 Å². The van der Waals surface area contributed by atoms with E-state index < -0.39 is 0 Å². The summed E-state index contributed by atoms with van der Waals surface area (Å²) < 4.78 is 0. The minimum absolute atomic E-state index is 0. The normalized spacial score (nSPS) is 1.25. The molecule has 0 aromatic carbocycles. The summed E-state index contributed by atoms with van der Waals surface area (Å²) in [5, 5.41) is 0. The molecule has 0 aliphatic carbocycles. The van der Waals surface area contributed by atoms with Gasteiger partial charge in [0.1, 0.15) is 0 Å². The van der Waals surface area contributed by atoms with Gasteiger partial charge in [-0.05, 0) is 0 Å². The Hall–Kier alpha value is 2.27. The molecule has 0 radical (unpaired) electrons. The van der Waals surface area contributed by atoms with E-state index in [1.165, 1.54) is 0 Å². The average Bonchev–Trinajstić information content (AvgIpc) is 1.00. The van der Waals surface area contributed by atoms with Crippen LogP contribution in [-0.2, 0) is 48.5 Å². The van der Waals surface area contributed by atoms with Crippen LogP contribution >= 0.6 is 0 Å². The molecular formula is H3AlCrFeMo. The molecule has 0 spiro atoms. The second-order valence-electron chi connectivity index (χ2n) is 0. The van der Waals surface area contributed by atoms with E-state index >= 15 is 0 Å². The Morgan fingerprint density at radius 1 is 1.25 bits per heavy atom. The molecule has 0 rings (SSSR count). The van der Waals surface area contributed by atoms with Crippen LogP contribution in [0.4, 0.5) is 0 Å². The zero-order valence-corrected chi connectivity index (χ0v) is 5.56. The van der Waals surface area contributed by atoms with Gasteiger partial charge in [-0.1, -0.05) is 0 Å². The molecule has 0 fully saturated rings. The first-order valence-corrected chi connectivity index (χ1v) is 3.52. The summed E-state index contributed by atoms with van der Waals surface area (Å²) in [5.74, 6) is 0. The zero-order chi connectivity index (χ0) is 2.00. The van der Waals surface area contributed by atoms with Crippen molar-refractivity contribution in [2.75, 3.05) is 0 Å². The van der Waals surface area contributed by atoms with Gasteiger partial charge in [-0.3, -0.25) is 0 Å². The predicted molar refractivity (Wildman–Crippen MR) is 9.94 cm³/mol. The van der Waals surface area contributed by atoms with Crippen molar-refractivity contribution in [3.63, 3.8) is 0 Å². The fourth-order valence-corrected chi connectivity index (χ4v) is 0. The molecule has 0 saturated heterocycles. The molecule has 26 valence electrons. The van der Waals surface area contributed by atoms with Crippen molar-refractivity contribution in [1.82, 2.24) is 0 Å². The van der Waals surface area contributed by atoms with Crippen LogP contribution in [0.2, 0.25) is 0 Å². The molecule has 4 heteroatoms. The van der Waals surface area contributed by atoms with Crippen molar-refractivity contribution in [3.05, 3.63) is 0 Å². The second-order valence-corrected chi connectivity index (χ2v) is 0. The summed E-state index contributed by atoms with van der Waals surface area (Å²) in [5.41, 5.74) is 0. The van der Waals surface area contributed by atoms with Crippen LogP contribution in [0.3, 0.4) is 0 Å². The molecule has 0 aromatic rings. The van der Waals surface area contributed by atoms with E-state index in [-0.39, 0.29) is 34.7 Å². The molecular weight excluding hydrogens is 231 g/mol. The van der Waals surface area contributed by atoms with Crippen LogP contribution < -0.4 is 0 Å². The Labute approximate surface area is 65.1 Å². The number of rotatable bonds is 0. The molecule has 0 N–H and O–H groups in total. The molecule has 0 bridgehead atoms. The molecule has 0 saturated carbocycles. The van der Waals surface area contributed by atoms with Crippen LogP contribution in [0.15, 0.2) is 0 Å². The predicted octanol–water partition coefficient (Wildman–Crippen LogP) is -1.19. The first-order chi connectivity index (χ1) is 1.00. The third kappa shape index (κ3) is 8.86. The first kappa shape index (κ1) is 16.3. The van der Waals surface area contributed by atoms with Crippen LogP contribution in [0.25, 0.3) is 0 Å². The maximum atomic E-state index is 3.26. The van der Waals surface area contributed by atoms with Gasteiger partial charge >= 0.3 is 31.1 Å². The van der Waals surface area contributed by atoms with Gasteiger partial charge in [0.2, 0.25) is 0 Å². The molecule has 0 unspecified atom stereocenters. The fourth-order valence-electron chi connectivity index (χ4n) is 0. The van der Waals surface area contributed by atoms with Crippen molar-refractivity contribution < 1.29 is 48.5 Å². The Kier molecular flexibility index (Phi) is 75.9. The van der Waals surface area contributed by atoms with Crippen molar-refractivity contribution in [2.24, 2.45) is 0 Å². The molecule has 0 atom stereocenters. The maximum absolute atomic E-state index is 3.26. The summed E-state index contributed by atoms with van der Waals surface area (Å²) >= 11 is 4.96. The van der Waals surface area contributed by atoms with Crippen LogP contribution in [-0.4, -0.2) is 17.4 Å². The van der Waals surface area contributed by atoms with Crippen LogP contribution in [0.1, 0.15) is 0 Å². The Morgan fingerprint density at radius 2 is 1.25 bits per heavy atom. The summed E-state index contributed by atoms with van der Waals surface area (Å²) in [7, 11) is 0. The number of hydrogen-bond acceptors (Lipinski definition) is 0. The Balaban J connectivity index is -0.00000000500. The molecule has 0 aromatic heterocycles. The van der Waals surface area contributed by atoms with E-state index in [2.05, 4.69) is 13.4 Å². The van der Waals surface area contributed by atoms with Gasteiger partial charge in [0.15, 0.2) is 17.4 Å². The Bertz CT molecular complexity index is 8.00. The molecule has 0 heterocycles. The van der Waals surface area contributed by atoms with Crippen LogP contribution in [0.5, 0.6) is 0 Å². The van der Waals surface area contributed by atoms with E-state index in [0.29, 0.717) is 0 Å². The summed E-state index contributed by atoms with van der Waals surface area (Å²) in [6, 6.07) is 0. The molecule has 0 amide bonds. The third-order valence-corrected chi connectivity index (χ3v) is 0. The van der Waals surface area contributed by atoms with E-state index in [9.17, 15) is 0 Å². The van der Waals surface area contributed by atoms with Crippen molar-refractivity contribution >= 4 is 17.4 Å². The van der Waals surface area contributed by atoms with Gasteiger partial charge in [-0.25, -0.2) is 0 Å². The van der Waals surface area contributed by atoms with Crippen molar-refractivity contribution in [2.45, 2.75) is 0 Å². The minimum atomic E-state index is 0. The quantitative estimate of drug-likeness (QED) is 0.462. The van der Waals surface area contributed by atoms with Gasteiger partial charge < -0.3 is 0 Å². The van der Waals surface area contributed by atoms with E-state index in [0.717, 1.165) is 0 Å². The third-order valence-electron chi connectivity index (χ3n) is 0. The van der Waals surface area contributed by atoms with Crippen molar-refractivity contribution in [1.29, 1.82) is 0 Å². The Morgan fingerprint density at radius 3 is 1.25 bits per heavy atom. The first-order valence-electron chi connectivity index (χ1n) is 0.144. The monoisotopic (exact) mass is 236 g/mol. The van der Waals surface area contributed by atoms with Gasteiger partial charge in [0.05, 0.1) is 0 Å². The SMILES string of the molecule is [AlH3].[Cr].[Fe][Mo]. The molecule has 0 nitrogen and oxygen atoms in total. The zero-order valence-electron chi connectivity index (χ0n) is 1.17. The summed E-state index contributed by atoms with van der Waals surface area (Å²) in [6.07, 6.45) is 0. The molecule has 0 aliphatic heterocycles. The fraction of sp³-hybridized carbons (Fsp3) is 0. The van der Waals surface area contributed by atoms with Crippen molar-refractivity contribution in [3.8, 4) is 0 Å². The average molecular weight is 234 g/mol. The van der Waals surface area contributed by atoms with Gasteiger partial charge in [0, 0.05) is 17.4 Å². The van der Waals surface area contributed by atoms with Crippen LogP contribution in [0, 0.1) is 0 Å². The molecule has 4 heavy (non-hydrogen) atoms. The van der Waals surface area contributed by atoms with E-state index in [4.69, 9.17) is 0 Å². The number of hydrogen-bond donors (Lipinski definition) is 0.